The molecule has 148 valence electrons. The van der Waals surface area contributed by atoms with Crippen LogP contribution in [-0.2, 0) is 0 Å². The van der Waals surface area contributed by atoms with Crippen molar-refractivity contribution in [3.63, 3.8) is 0 Å². The molecule has 29 heavy (non-hydrogen) atoms. The van der Waals surface area contributed by atoms with Crippen LogP contribution in [-0.4, -0.2) is 50.1 Å². The molecule has 0 radical (unpaired) electrons. The fourth-order valence-corrected chi connectivity index (χ4v) is 3.51. The van der Waals surface area contributed by atoms with Crippen molar-refractivity contribution in [1.29, 1.82) is 0 Å². The summed E-state index contributed by atoms with van der Waals surface area (Å²) >= 11 is 0. The first-order valence-corrected chi connectivity index (χ1v) is 9.54. The van der Waals surface area contributed by atoms with Gasteiger partial charge < -0.3 is 14.8 Å². The van der Waals surface area contributed by atoms with E-state index in [1.54, 1.807) is 19.2 Å². The first-order chi connectivity index (χ1) is 14.2. The largest absolute Gasteiger partial charge is 0.497 e. The quantitative estimate of drug-likeness (QED) is 0.473. The number of nitrogens with zero attached hydrogens (tertiary/aromatic N) is 1. The molecule has 0 spiro atoms. The molecule has 0 aromatic heterocycles. The first kappa shape index (κ1) is 19.0. The van der Waals surface area contributed by atoms with Gasteiger partial charge >= 0.3 is 0 Å². The van der Waals surface area contributed by atoms with Crippen molar-refractivity contribution in [2.75, 3.05) is 33.4 Å². The van der Waals surface area contributed by atoms with E-state index in [4.69, 9.17) is 9.47 Å². The van der Waals surface area contributed by atoms with Crippen molar-refractivity contribution < 1.29 is 19.1 Å². The van der Waals surface area contributed by atoms with Crippen molar-refractivity contribution in [1.82, 2.24) is 10.2 Å². The summed E-state index contributed by atoms with van der Waals surface area (Å²) < 4.78 is 10.8. The molecule has 0 saturated heterocycles. The molecule has 3 aromatic rings. The Morgan fingerprint density at radius 1 is 0.828 bits per heavy atom. The van der Waals surface area contributed by atoms with Crippen molar-refractivity contribution in [3.8, 4) is 11.5 Å². The van der Waals surface area contributed by atoms with Crippen molar-refractivity contribution in [2.24, 2.45) is 0 Å². The third-order valence-corrected chi connectivity index (χ3v) is 4.98. The standard InChI is InChI=1S/C23H22N2O4/c1-28-17-8-10-18(11-9-17)29-15-13-24-12-14-25-22(26)19-6-2-4-16-5-3-7-20(21(16)19)23(25)27/h2-11,24H,12-15H2,1H3. The number of carbonyl (C=O) groups excluding carboxylic acids is 2. The molecule has 1 N–H and O–H groups in total. The molecule has 2 amide bonds. The highest BCUT2D eigenvalue weighted by molar-refractivity contribution is 6.25. The second kappa shape index (κ2) is 8.32. The van der Waals surface area contributed by atoms with Crippen LogP contribution in [0.3, 0.4) is 0 Å². The molecule has 1 heterocycles. The number of hydrogen-bond acceptors (Lipinski definition) is 5. The van der Waals surface area contributed by atoms with Crippen molar-refractivity contribution >= 4 is 22.6 Å². The number of rotatable bonds is 8. The molecular formula is C23H22N2O4. The minimum absolute atomic E-state index is 0.240. The van der Waals surface area contributed by atoms with Gasteiger partial charge in [-0.3, -0.25) is 14.5 Å². The zero-order chi connectivity index (χ0) is 20.2. The molecule has 6 heteroatoms. The number of benzene rings is 3. The Morgan fingerprint density at radius 2 is 1.45 bits per heavy atom. The normalized spacial score (nSPS) is 13.1. The maximum atomic E-state index is 12.8. The summed E-state index contributed by atoms with van der Waals surface area (Å²) in [6.45, 7) is 1.90. The minimum atomic E-state index is -0.240. The molecule has 0 bridgehead atoms. The Labute approximate surface area is 169 Å². The first-order valence-electron chi connectivity index (χ1n) is 9.54. The van der Waals surface area contributed by atoms with Crippen LogP contribution >= 0.6 is 0 Å². The number of ether oxygens (including phenoxy) is 2. The van der Waals surface area contributed by atoms with Crippen LogP contribution in [0.25, 0.3) is 10.8 Å². The number of hydrogen-bond donors (Lipinski definition) is 1. The Kier molecular flexibility index (Phi) is 5.44. The van der Waals surface area contributed by atoms with E-state index in [9.17, 15) is 9.59 Å². The topological polar surface area (TPSA) is 67.9 Å². The Hall–Kier alpha value is -3.38. The molecule has 6 nitrogen and oxygen atoms in total. The molecule has 0 fully saturated rings. The maximum Gasteiger partial charge on any atom is 0.261 e. The second-order valence-corrected chi connectivity index (χ2v) is 6.75. The SMILES string of the molecule is COc1ccc(OCCNCCN2C(=O)c3cccc4cccc(c34)C2=O)cc1. The highest BCUT2D eigenvalue weighted by atomic mass is 16.5. The lowest BCUT2D eigenvalue weighted by Gasteiger charge is -2.27. The van der Waals surface area contributed by atoms with Gasteiger partial charge in [-0.2, -0.15) is 0 Å². The lowest BCUT2D eigenvalue weighted by molar-refractivity contribution is 0.0612. The average molecular weight is 390 g/mol. The van der Waals surface area contributed by atoms with E-state index in [1.807, 2.05) is 48.5 Å². The molecular weight excluding hydrogens is 368 g/mol. The number of carbonyl (C=O) groups is 2. The van der Waals surface area contributed by atoms with Crippen LogP contribution in [0.2, 0.25) is 0 Å². The monoisotopic (exact) mass is 390 g/mol. The van der Waals surface area contributed by atoms with E-state index in [-0.39, 0.29) is 11.8 Å². The van der Waals surface area contributed by atoms with Gasteiger partial charge in [0.1, 0.15) is 18.1 Å². The lowest BCUT2D eigenvalue weighted by atomic mass is 9.94. The highest BCUT2D eigenvalue weighted by Crippen LogP contribution is 2.29. The molecule has 1 aliphatic rings. The van der Waals surface area contributed by atoms with E-state index in [1.165, 1.54) is 4.90 Å². The molecule has 3 aromatic carbocycles. The van der Waals surface area contributed by atoms with Crippen molar-refractivity contribution in [2.45, 2.75) is 0 Å². The van der Waals surface area contributed by atoms with Gasteiger partial charge in [0.05, 0.1) is 7.11 Å². The van der Waals surface area contributed by atoms with E-state index >= 15 is 0 Å². The predicted octanol–water partition coefficient (Wildman–Crippen LogP) is 3.11. The fraction of sp³-hybridized carbons (Fsp3) is 0.217. The second-order valence-electron chi connectivity index (χ2n) is 6.75. The number of methoxy groups -OCH3 is 1. The average Bonchev–Trinajstić information content (AvgIpc) is 2.76. The summed E-state index contributed by atoms with van der Waals surface area (Å²) in [5.41, 5.74) is 1.17. The third-order valence-electron chi connectivity index (χ3n) is 4.98. The molecule has 0 aliphatic carbocycles. The summed E-state index contributed by atoms with van der Waals surface area (Å²) in [6, 6.07) is 18.5. The molecule has 0 unspecified atom stereocenters. The highest BCUT2D eigenvalue weighted by Gasteiger charge is 2.31. The van der Waals surface area contributed by atoms with Crippen LogP contribution < -0.4 is 14.8 Å². The van der Waals surface area contributed by atoms with Gasteiger partial charge in [-0.05, 0) is 41.8 Å². The Balaban J connectivity index is 1.30. The van der Waals surface area contributed by atoms with Gasteiger partial charge in [-0.25, -0.2) is 0 Å². The van der Waals surface area contributed by atoms with Crippen LogP contribution in [0.1, 0.15) is 20.7 Å². The summed E-state index contributed by atoms with van der Waals surface area (Å²) in [7, 11) is 1.62. The zero-order valence-electron chi connectivity index (χ0n) is 16.2. The van der Waals surface area contributed by atoms with Gasteiger partial charge in [0.25, 0.3) is 11.8 Å². The predicted molar refractivity (Wildman–Crippen MR) is 111 cm³/mol. The van der Waals surface area contributed by atoms with E-state index < -0.39 is 0 Å². The lowest BCUT2D eigenvalue weighted by Crippen LogP contribution is -2.44. The van der Waals surface area contributed by atoms with Gasteiger partial charge in [-0.15, -0.1) is 0 Å². The summed E-state index contributed by atoms with van der Waals surface area (Å²) in [5.74, 6) is 1.06. The third kappa shape index (κ3) is 3.79. The van der Waals surface area contributed by atoms with Crippen LogP contribution in [0.4, 0.5) is 0 Å². The maximum absolute atomic E-state index is 12.8. The Bertz CT molecular complexity index is 996. The number of amides is 2. The van der Waals surface area contributed by atoms with E-state index in [2.05, 4.69) is 5.32 Å². The summed E-state index contributed by atoms with van der Waals surface area (Å²) in [4.78, 5) is 26.9. The molecule has 4 rings (SSSR count). The van der Waals surface area contributed by atoms with Gasteiger partial charge in [0.15, 0.2) is 0 Å². The minimum Gasteiger partial charge on any atom is -0.497 e. The van der Waals surface area contributed by atoms with E-state index in [0.717, 1.165) is 22.3 Å². The molecule has 1 aliphatic heterocycles. The fourth-order valence-electron chi connectivity index (χ4n) is 3.51. The zero-order valence-corrected chi connectivity index (χ0v) is 16.2. The number of nitrogens with one attached hydrogen (secondary N) is 1. The summed E-state index contributed by atoms with van der Waals surface area (Å²) in [6.07, 6.45) is 0. The van der Waals surface area contributed by atoms with Crippen LogP contribution in [0.15, 0.2) is 60.7 Å². The smallest absolute Gasteiger partial charge is 0.261 e. The van der Waals surface area contributed by atoms with Crippen LogP contribution in [0.5, 0.6) is 11.5 Å². The van der Waals surface area contributed by atoms with E-state index in [0.29, 0.717) is 37.4 Å². The number of imide groups is 1. The Morgan fingerprint density at radius 3 is 2.07 bits per heavy atom. The molecule has 0 atom stereocenters. The molecule has 0 saturated carbocycles. The van der Waals surface area contributed by atoms with Crippen LogP contribution in [0, 0.1) is 0 Å². The van der Waals surface area contributed by atoms with Gasteiger partial charge in [0.2, 0.25) is 0 Å². The van der Waals surface area contributed by atoms with Crippen molar-refractivity contribution in [3.05, 3.63) is 71.8 Å². The summed E-state index contributed by atoms with van der Waals surface area (Å²) in [5, 5.41) is 4.88. The van der Waals surface area contributed by atoms with Gasteiger partial charge in [0, 0.05) is 36.1 Å². The van der Waals surface area contributed by atoms with Gasteiger partial charge in [-0.1, -0.05) is 24.3 Å².